The number of unbranched alkanes of at least 4 members (excludes halogenated alkanes) is 1. The number of thiophene rings is 2. The lowest BCUT2D eigenvalue weighted by Crippen LogP contribution is -2.29. The maximum absolute atomic E-state index is 12.3. The van der Waals surface area contributed by atoms with Crippen LogP contribution >= 0.6 is 22.7 Å². The predicted molar refractivity (Wildman–Crippen MR) is 82.4 cm³/mol. The number of carbonyl (C=O) groups excluding carboxylic acids is 1. The maximum atomic E-state index is 12.3. The zero-order valence-electron chi connectivity index (χ0n) is 11.2. The Kier molecular flexibility index (Phi) is 5.61. The monoisotopic (exact) mass is 293 g/mol. The third-order valence-corrected chi connectivity index (χ3v) is 4.67. The van der Waals surface area contributed by atoms with Crippen LogP contribution < -0.4 is 0 Å². The molecule has 102 valence electrons. The minimum absolute atomic E-state index is 0.267. The molecule has 0 aromatic carbocycles. The first-order chi connectivity index (χ1) is 9.29. The van der Waals surface area contributed by atoms with E-state index in [1.807, 2.05) is 17.0 Å². The van der Waals surface area contributed by atoms with E-state index >= 15 is 0 Å². The summed E-state index contributed by atoms with van der Waals surface area (Å²) < 4.78 is 0. The number of nitrogens with zero attached hydrogens (tertiary/aromatic N) is 1. The third-order valence-electron chi connectivity index (χ3n) is 2.95. The summed E-state index contributed by atoms with van der Waals surface area (Å²) in [5, 5.41) is 4.13. The fourth-order valence-corrected chi connectivity index (χ4v) is 3.34. The lowest BCUT2D eigenvalue weighted by molar-refractivity contribution is -0.132. The predicted octanol–water partition coefficient (Wildman–Crippen LogP) is 4.53. The quantitative estimate of drug-likeness (QED) is 0.734. The molecule has 0 saturated heterocycles. The second-order valence-electron chi connectivity index (χ2n) is 4.51. The zero-order chi connectivity index (χ0) is 13.5. The first-order valence-electron chi connectivity index (χ1n) is 6.62. The van der Waals surface area contributed by atoms with Crippen LogP contribution in [0.1, 0.15) is 35.9 Å². The van der Waals surface area contributed by atoms with E-state index in [0.29, 0.717) is 6.42 Å². The number of hydrogen-bond acceptors (Lipinski definition) is 3. The Hall–Kier alpha value is -1.13. The highest BCUT2D eigenvalue weighted by atomic mass is 32.1. The molecule has 2 nitrogen and oxygen atoms in total. The van der Waals surface area contributed by atoms with Crippen molar-refractivity contribution in [3.8, 4) is 0 Å². The van der Waals surface area contributed by atoms with Crippen LogP contribution in [0, 0.1) is 0 Å². The van der Waals surface area contributed by atoms with Crippen molar-refractivity contribution in [3.63, 3.8) is 0 Å². The first-order valence-corrected chi connectivity index (χ1v) is 8.38. The molecule has 2 aromatic rings. The Bertz CT molecular complexity index is 440. The molecule has 0 radical (unpaired) electrons. The number of rotatable bonds is 7. The van der Waals surface area contributed by atoms with Crippen molar-refractivity contribution in [2.75, 3.05) is 0 Å². The van der Waals surface area contributed by atoms with E-state index in [0.717, 1.165) is 25.9 Å². The molecular weight excluding hydrogens is 274 g/mol. The molecule has 2 aromatic heterocycles. The largest absolute Gasteiger partial charge is 0.332 e. The van der Waals surface area contributed by atoms with Gasteiger partial charge in [0.05, 0.1) is 13.1 Å². The van der Waals surface area contributed by atoms with Crippen molar-refractivity contribution in [1.29, 1.82) is 0 Å². The molecule has 0 unspecified atom stereocenters. The highest BCUT2D eigenvalue weighted by molar-refractivity contribution is 7.10. The van der Waals surface area contributed by atoms with Crippen molar-refractivity contribution in [1.82, 2.24) is 4.90 Å². The summed E-state index contributed by atoms with van der Waals surface area (Å²) in [6.45, 7) is 3.59. The van der Waals surface area contributed by atoms with Crippen molar-refractivity contribution in [2.24, 2.45) is 0 Å². The fraction of sp³-hybridized carbons (Fsp3) is 0.400. The lowest BCUT2D eigenvalue weighted by atomic mass is 10.2. The summed E-state index contributed by atoms with van der Waals surface area (Å²) in [6, 6.07) is 8.28. The molecule has 2 rings (SSSR count). The van der Waals surface area contributed by atoms with Crippen molar-refractivity contribution in [2.45, 2.75) is 39.3 Å². The van der Waals surface area contributed by atoms with Crippen LogP contribution in [-0.2, 0) is 17.9 Å². The van der Waals surface area contributed by atoms with Gasteiger partial charge < -0.3 is 4.90 Å². The van der Waals surface area contributed by atoms with E-state index in [1.54, 1.807) is 22.7 Å². The zero-order valence-corrected chi connectivity index (χ0v) is 12.8. The minimum Gasteiger partial charge on any atom is -0.332 e. The number of hydrogen-bond donors (Lipinski definition) is 0. The summed E-state index contributed by atoms with van der Waals surface area (Å²) in [7, 11) is 0. The molecule has 0 aliphatic heterocycles. The summed E-state index contributed by atoms with van der Waals surface area (Å²) >= 11 is 3.43. The third kappa shape index (κ3) is 4.48. The SMILES string of the molecule is CCCCC(=O)N(Cc1cccs1)Cc1cccs1. The molecule has 0 aliphatic rings. The molecule has 1 amide bonds. The van der Waals surface area contributed by atoms with Crippen LogP contribution in [0.3, 0.4) is 0 Å². The molecular formula is C15H19NOS2. The Morgan fingerprint density at radius 2 is 1.68 bits per heavy atom. The van der Waals surface area contributed by atoms with Crippen molar-refractivity contribution in [3.05, 3.63) is 44.8 Å². The van der Waals surface area contributed by atoms with Crippen LogP contribution in [0.4, 0.5) is 0 Å². The maximum Gasteiger partial charge on any atom is 0.223 e. The average molecular weight is 293 g/mol. The van der Waals surface area contributed by atoms with Crippen LogP contribution in [0.15, 0.2) is 35.0 Å². The summed E-state index contributed by atoms with van der Waals surface area (Å²) in [5.74, 6) is 0.267. The number of amides is 1. The van der Waals surface area contributed by atoms with E-state index in [4.69, 9.17) is 0 Å². The van der Waals surface area contributed by atoms with Gasteiger partial charge in [0, 0.05) is 16.2 Å². The lowest BCUT2D eigenvalue weighted by Gasteiger charge is -2.21. The highest BCUT2D eigenvalue weighted by Crippen LogP contribution is 2.18. The van der Waals surface area contributed by atoms with E-state index in [2.05, 4.69) is 29.8 Å². The Balaban J connectivity index is 2.01. The Morgan fingerprint density at radius 3 is 2.11 bits per heavy atom. The van der Waals surface area contributed by atoms with Crippen LogP contribution in [0.25, 0.3) is 0 Å². The molecule has 19 heavy (non-hydrogen) atoms. The van der Waals surface area contributed by atoms with Gasteiger partial charge in [0.2, 0.25) is 5.91 Å². The van der Waals surface area contributed by atoms with E-state index in [-0.39, 0.29) is 5.91 Å². The summed E-state index contributed by atoms with van der Waals surface area (Å²) in [6.07, 6.45) is 2.70. The van der Waals surface area contributed by atoms with Gasteiger partial charge in [-0.25, -0.2) is 0 Å². The van der Waals surface area contributed by atoms with Gasteiger partial charge in [-0.05, 0) is 29.3 Å². The minimum atomic E-state index is 0.267. The normalized spacial score (nSPS) is 10.6. The van der Waals surface area contributed by atoms with Gasteiger partial charge in [-0.2, -0.15) is 0 Å². The summed E-state index contributed by atoms with van der Waals surface area (Å²) in [5.41, 5.74) is 0. The second kappa shape index (κ2) is 7.46. The van der Waals surface area contributed by atoms with Crippen LogP contribution in [0.2, 0.25) is 0 Å². The molecule has 0 atom stereocenters. The fourth-order valence-electron chi connectivity index (χ4n) is 1.90. The highest BCUT2D eigenvalue weighted by Gasteiger charge is 2.15. The molecule has 0 N–H and O–H groups in total. The van der Waals surface area contributed by atoms with Gasteiger partial charge >= 0.3 is 0 Å². The van der Waals surface area contributed by atoms with Gasteiger partial charge in [0.25, 0.3) is 0 Å². The Labute approximate surface area is 122 Å². The smallest absolute Gasteiger partial charge is 0.223 e. The topological polar surface area (TPSA) is 20.3 Å². The molecule has 4 heteroatoms. The summed E-state index contributed by atoms with van der Waals surface area (Å²) in [4.78, 5) is 16.8. The second-order valence-corrected chi connectivity index (χ2v) is 6.58. The van der Waals surface area contributed by atoms with E-state index in [1.165, 1.54) is 9.75 Å². The van der Waals surface area contributed by atoms with Gasteiger partial charge in [-0.3, -0.25) is 4.79 Å². The molecule has 0 spiro atoms. The van der Waals surface area contributed by atoms with E-state index in [9.17, 15) is 4.79 Å². The van der Waals surface area contributed by atoms with Crippen LogP contribution in [-0.4, -0.2) is 10.8 Å². The van der Waals surface area contributed by atoms with Gasteiger partial charge in [0.15, 0.2) is 0 Å². The van der Waals surface area contributed by atoms with Gasteiger partial charge in [0.1, 0.15) is 0 Å². The van der Waals surface area contributed by atoms with Crippen LogP contribution in [0.5, 0.6) is 0 Å². The van der Waals surface area contributed by atoms with Crippen molar-refractivity contribution >= 4 is 28.6 Å². The molecule has 0 aliphatic carbocycles. The van der Waals surface area contributed by atoms with Gasteiger partial charge in [-0.1, -0.05) is 25.5 Å². The van der Waals surface area contributed by atoms with Crippen molar-refractivity contribution < 1.29 is 4.79 Å². The molecule has 0 bridgehead atoms. The first kappa shape index (κ1) is 14.3. The molecule has 0 saturated carbocycles. The number of carbonyl (C=O) groups is 1. The standard InChI is InChI=1S/C15H19NOS2/c1-2-3-8-15(17)16(11-13-6-4-9-18-13)12-14-7-5-10-19-14/h4-7,9-10H,2-3,8,11-12H2,1H3. The molecule has 2 heterocycles. The van der Waals surface area contributed by atoms with E-state index < -0.39 is 0 Å². The Morgan fingerprint density at radius 1 is 1.11 bits per heavy atom. The van der Waals surface area contributed by atoms with Gasteiger partial charge in [-0.15, -0.1) is 22.7 Å². The average Bonchev–Trinajstić information content (AvgIpc) is 3.08. The molecule has 0 fully saturated rings.